The van der Waals surface area contributed by atoms with Gasteiger partial charge >= 0.3 is 6.03 Å². The second-order valence-electron chi connectivity index (χ2n) is 4.50. The molecule has 1 aromatic carbocycles. The third-order valence-corrected chi connectivity index (χ3v) is 3.18. The van der Waals surface area contributed by atoms with E-state index in [0.29, 0.717) is 11.5 Å². The minimum atomic E-state index is -0.259. The molecular formula is C14H14N6O. The second kappa shape index (κ2) is 5.12. The van der Waals surface area contributed by atoms with Gasteiger partial charge in [0, 0.05) is 24.5 Å². The summed E-state index contributed by atoms with van der Waals surface area (Å²) in [7, 11) is 1.57. The van der Waals surface area contributed by atoms with E-state index in [1.165, 1.54) is 0 Å². The number of carbonyl (C=O) groups is 1. The quantitative estimate of drug-likeness (QED) is 0.576. The number of amides is 2. The predicted molar refractivity (Wildman–Crippen MR) is 81.8 cm³/mol. The third-order valence-electron chi connectivity index (χ3n) is 3.18. The Morgan fingerprint density at radius 3 is 2.71 bits per heavy atom. The molecule has 0 unspecified atom stereocenters. The number of pyridine rings is 1. The van der Waals surface area contributed by atoms with Crippen LogP contribution in [-0.4, -0.2) is 28.3 Å². The SMILES string of the molecule is CNC(=O)Nc1ccc(-c2cncc3[nH]nc(N)c23)cc1. The number of aromatic amines is 1. The summed E-state index contributed by atoms with van der Waals surface area (Å²) >= 11 is 0. The van der Waals surface area contributed by atoms with Crippen molar-refractivity contribution in [2.24, 2.45) is 0 Å². The van der Waals surface area contributed by atoms with Gasteiger partial charge in [-0.3, -0.25) is 10.1 Å². The molecule has 2 heterocycles. The molecule has 7 nitrogen and oxygen atoms in total. The van der Waals surface area contributed by atoms with E-state index >= 15 is 0 Å². The summed E-state index contributed by atoms with van der Waals surface area (Å²) in [6.07, 6.45) is 3.43. The summed E-state index contributed by atoms with van der Waals surface area (Å²) in [4.78, 5) is 15.4. The Morgan fingerprint density at radius 2 is 2.00 bits per heavy atom. The van der Waals surface area contributed by atoms with Gasteiger partial charge in [-0.1, -0.05) is 12.1 Å². The molecule has 106 valence electrons. The van der Waals surface area contributed by atoms with Gasteiger partial charge in [0.1, 0.15) is 0 Å². The standard InChI is InChI=1S/C14H14N6O/c1-16-14(21)18-9-4-2-8(3-5-9)10-6-17-7-11-12(10)13(15)20-19-11/h2-7H,1H3,(H3,15,19,20)(H2,16,18,21). The predicted octanol–water partition coefficient (Wildman–Crippen LogP) is 1.96. The van der Waals surface area contributed by atoms with E-state index in [0.717, 1.165) is 22.0 Å². The minimum Gasteiger partial charge on any atom is -0.382 e. The molecule has 0 bridgehead atoms. The molecule has 2 aromatic heterocycles. The van der Waals surface area contributed by atoms with E-state index < -0.39 is 0 Å². The van der Waals surface area contributed by atoms with E-state index in [1.54, 1.807) is 19.4 Å². The van der Waals surface area contributed by atoms with Crippen LogP contribution in [0, 0.1) is 0 Å². The van der Waals surface area contributed by atoms with Gasteiger partial charge in [0.15, 0.2) is 5.82 Å². The summed E-state index contributed by atoms with van der Waals surface area (Å²) in [6.45, 7) is 0. The molecule has 0 saturated heterocycles. The van der Waals surface area contributed by atoms with Gasteiger partial charge in [0.25, 0.3) is 0 Å². The molecule has 0 aliphatic carbocycles. The van der Waals surface area contributed by atoms with Crippen molar-refractivity contribution in [2.75, 3.05) is 18.1 Å². The normalized spacial score (nSPS) is 10.5. The van der Waals surface area contributed by atoms with Crippen molar-refractivity contribution >= 4 is 28.4 Å². The van der Waals surface area contributed by atoms with Gasteiger partial charge < -0.3 is 16.4 Å². The number of nitrogens with one attached hydrogen (secondary N) is 3. The van der Waals surface area contributed by atoms with Crippen LogP contribution in [0.25, 0.3) is 22.0 Å². The number of H-pyrrole nitrogens is 1. The van der Waals surface area contributed by atoms with E-state index in [9.17, 15) is 4.79 Å². The Morgan fingerprint density at radius 1 is 1.24 bits per heavy atom. The Kier molecular flexibility index (Phi) is 3.15. The fraction of sp³-hybridized carbons (Fsp3) is 0.0714. The van der Waals surface area contributed by atoms with Gasteiger partial charge in [-0.05, 0) is 17.7 Å². The molecule has 0 fully saturated rings. The lowest BCUT2D eigenvalue weighted by atomic mass is 10.0. The van der Waals surface area contributed by atoms with Crippen molar-refractivity contribution in [3.63, 3.8) is 0 Å². The van der Waals surface area contributed by atoms with Gasteiger partial charge in [-0.25, -0.2) is 4.79 Å². The highest BCUT2D eigenvalue weighted by Crippen LogP contribution is 2.30. The number of carbonyl (C=O) groups excluding carboxylic acids is 1. The number of hydrogen-bond acceptors (Lipinski definition) is 4. The summed E-state index contributed by atoms with van der Waals surface area (Å²) < 4.78 is 0. The molecule has 0 aliphatic heterocycles. The number of anilines is 2. The van der Waals surface area contributed by atoms with Gasteiger partial charge in [-0.2, -0.15) is 5.10 Å². The first-order valence-electron chi connectivity index (χ1n) is 6.36. The van der Waals surface area contributed by atoms with Crippen LogP contribution < -0.4 is 16.4 Å². The first-order chi connectivity index (χ1) is 10.2. The molecule has 2 amide bonds. The molecule has 21 heavy (non-hydrogen) atoms. The van der Waals surface area contributed by atoms with Crippen LogP contribution in [-0.2, 0) is 0 Å². The number of hydrogen-bond donors (Lipinski definition) is 4. The molecule has 3 aromatic rings. The fourth-order valence-electron chi connectivity index (χ4n) is 2.14. The fourth-order valence-corrected chi connectivity index (χ4v) is 2.14. The van der Waals surface area contributed by atoms with Crippen LogP contribution in [0.15, 0.2) is 36.7 Å². The van der Waals surface area contributed by atoms with Crippen LogP contribution in [0.2, 0.25) is 0 Å². The van der Waals surface area contributed by atoms with Crippen molar-refractivity contribution in [2.45, 2.75) is 0 Å². The van der Waals surface area contributed by atoms with E-state index in [1.807, 2.05) is 24.3 Å². The highest BCUT2D eigenvalue weighted by Gasteiger charge is 2.10. The monoisotopic (exact) mass is 282 g/mol. The van der Waals surface area contributed by atoms with Gasteiger partial charge in [0.05, 0.1) is 17.1 Å². The van der Waals surface area contributed by atoms with Crippen LogP contribution >= 0.6 is 0 Å². The second-order valence-corrected chi connectivity index (χ2v) is 4.50. The Labute approximate surface area is 120 Å². The van der Waals surface area contributed by atoms with Crippen molar-refractivity contribution in [3.05, 3.63) is 36.7 Å². The average Bonchev–Trinajstić information content (AvgIpc) is 2.90. The molecule has 0 aliphatic rings. The Bertz CT molecular complexity index is 793. The largest absolute Gasteiger partial charge is 0.382 e. The van der Waals surface area contributed by atoms with Crippen LogP contribution in [0.1, 0.15) is 0 Å². The van der Waals surface area contributed by atoms with E-state index in [-0.39, 0.29) is 6.03 Å². The first kappa shape index (κ1) is 12.9. The molecule has 5 N–H and O–H groups in total. The number of fused-ring (bicyclic) bond motifs is 1. The number of nitrogen functional groups attached to an aromatic ring is 1. The first-order valence-corrected chi connectivity index (χ1v) is 6.36. The number of urea groups is 1. The summed E-state index contributed by atoms with van der Waals surface area (Å²) in [5.41, 5.74) is 9.23. The number of benzene rings is 1. The van der Waals surface area contributed by atoms with Gasteiger partial charge in [-0.15, -0.1) is 0 Å². The minimum absolute atomic E-state index is 0.259. The van der Waals surface area contributed by atoms with Crippen LogP contribution in [0.4, 0.5) is 16.3 Å². The molecule has 0 radical (unpaired) electrons. The molecule has 3 rings (SSSR count). The maximum atomic E-state index is 11.3. The molecule has 7 heteroatoms. The van der Waals surface area contributed by atoms with E-state index in [2.05, 4.69) is 25.8 Å². The lowest BCUT2D eigenvalue weighted by molar-refractivity contribution is 0.254. The van der Waals surface area contributed by atoms with Crippen LogP contribution in [0.3, 0.4) is 0 Å². The maximum absolute atomic E-state index is 11.3. The van der Waals surface area contributed by atoms with E-state index in [4.69, 9.17) is 5.73 Å². The number of nitrogens with two attached hydrogens (primary N) is 1. The van der Waals surface area contributed by atoms with Crippen molar-refractivity contribution < 1.29 is 4.79 Å². The zero-order chi connectivity index (χ0) is 14.8. The van der Waals surface area contributed by atoms with Crippen molar-refractivity contribution in [1.82, 2.24) is 20.5 Å². The molecular weight excluding hydrogens is 268 g/mol. The smallest absolute Gasteiger partial charge is 0.318 e. The zero-order valence-electron chi connectivity index (χ0n) is 11.3. The highest BCUT2D eigenvalue weighted by atomic mass is 16.2. The lowest BCUT2D eigenvalue weighted by Gasteiger charge is -2.07. The molecule has 0 atom stereocenters. The topological polar surface area (TPSA) is 109 Å². The zero-order valence-corrected chi connectivity index (χ0v) is 11.3. The van der Waals surface area contributed by atoms with Gasteiger partial charge in [0.2, 0.25) is 0 Å². The number of aromatic nitrogens is 3. The number of rotatable bonds is 2. The summed E-state index contributed by atoms with van der Waals surface area (Å²) in [5.74, 6) is 0.440. The van der Waals surface area contributed by atoms with Crippen LogP contribution in [0.5, 0.6) is 0 Å². The molecule has 0 saturated carbocycles. The maximum Gasteiger partial charge on any atom is 0.318 e. The van der Waals surface area contributed by atoms with Crippen molar-refractivity contribution in [3.8, 4) is 11.1 Å². The average molecular weight is 282 g/mol. The molecule has 0 spiro atoms. The lowest BCUT2D eigenvalue weighted by Crippen LogP contribution is -2.24. The Balaban J connectivity index is 1.99. The number of nitrogens with zero attached hydrogens (tertiary/aromatic N) is 2. The summed E-state index contributed by atoms with van der Waals surface area (Å²) in [5, 5.41) is 12.9. The Hall–Kier alpha value is -3.09. The highest BCUT2D eigenvalue weighted by molar-refractivity contribution is 6.01. The summed E-state index contributed by atoms with van der Waals surface area (Å²) in [6, 6.07) is 7.17. The third kappa shape index (κ3) is 2.36. The van der Waals surface area contributed by atoms with Crippen molar-refractivity contribution in [1.29, 1.82) is 0 Å².